The summed E-state index contributed by atoms with van der Waals surface area (Å²) < 4.78 is 0. The van der Waals surface area contributed by atoms with Gasteiger partial charge in [-0.25, -0.2) is 0 Å². The Morgan fingerprint density at radius 1 is 1.05 bits per heavy atom. The summed E-state index contributed by atoms with van der Waals surface area (Å²) in [6.45, 7) is 4.28. The van der Waals surface area contributed by atoms with Gasteiger partial charge in [0.15, 0.2) is 0 Å². The summed E-state index contributed by atoms with van der Waals surface area (Å²) in [4.78, 5) is 12.4. The van der Waals surface area contributed by atoms with Crippen molar-refractivity contribution in [2.24, 2.45) is 16.7 Å². The normalized spacial score (nSPS) is 45.6. The standard InChI is InChI=1S/C19H24O/c1-14(20)18-9-15-8-17(2,11-18)12-19(10-15,13-18)16-6-4-3-5-7-16/h3-7,15H,8-13H2,1-2H3/t15?,17-,18?,19+/m0/s1. The van der Waals surface area contributed by atoms with E-state index in [-0.39, 0.29) is 10.8 Å². The Kier molecular flexibility index (Phi) is 2.37. The van der Waals surface area contributed by atoms with E-state index >= 15 is 0 Å². The van der Waals surface area contributed by atoms with Gasteiger partial charge < -0.3 is 0 Å². The van der Waals surface area contributed by atoms with Gasteiger partial charge in [-0.2, -0.15) is 0 Å². The highest BCUT2D eigenvalue weighted by molar-refractivity contribution is 5.83. The molecule has 4 fully saturated rings. The van der Waals surface area contributed by atoms with Gasteiger partial charge in [0.25, 0.3) is 0 Å². The molecule has 4 atom stereocenters. The van der Waals surface area contributed by atoms with E-state index in [4.69, 9.17) is 0 Å². The lowest BCUT2D eigenvalue weighted by molar-refractivity contribution is -0.155. The summed E-state index contributed by atoms with van der Waals surface area (Å²) in [6.07, 6.45) is 7.34. The van der Waals surface area contributed by atoms with Gasteiger partial charge in [-0.1, -0.05) is 37.3 Å². The van der Waals surface area contributed by atoms with Crippen molar-refractivity contribution in [2.75, 3.05) is 0 Å². The van der Waals surface area contributed by atoms with Gasteiger partial charge in [-0.05, 0) is 67.8 Å². The van der Waals surface area contributed by atoms with E-state index in [1.807, 2.05) is 6.92 Å². The van der Waals surface area contributed by atoms with E-state index in [1.54, 1.807) is 0 Å². The van der Waals surface area contributed by atoms with E-state index < -0.39 is 0 Å². The zero-order valence-electron chi connectivity index (χ0n) is 12.6. The molecule has 1 aromatic rings. The summed E-state index contributed by atoms with van der Waals surface area (Å²) in [7, 11) is 0. The highest BCUT2D eigenvalue weighted by Crippen LogP contribution is 2.70. The molecule has 0 N–H and O–H groups in total. The first-order valence-electron chi connectivity index (χ1n) is 8.02. The molecule has 0 aromatic heterocycles. The number of hydrogen-bond acceptors (Lipinski definition) is 1. The lowest BCUT2D eigenvalue weighted by Crippen LogP contribution is -2.59. The van der Waals surface area contributed by atoms with Crippen LogP contribution in [0.1, 0.15) is 57.9 Å². The lowest BCUT2D eigenvalue weighted by Gasteiger charge is -2.65. The minimum Gasteiger partial charge on any atom is -0.299 e. The quantitative estimate of drug-likeness (QED) is 0.771. The van der Waals surface area contributed by atoms with Gasteiger partial charge in [0.1, 0.15) is 5.78 Å². The third-order valence-electron chi connectivity index (χ3n) is 6.48. The van der Waals surface area contributed by atoms with Crippen LogP contribution in [-0.4, -0.2) is 5.78 Å². The monoisotopic (exact) mass is 268 g/mol. The largest absolute Gasteiger partial charge is 0.299 e. The van der Waals surface area contributed by atoms with Crippen molar-refractivity contribution in [3.63, 3.8) is 0 Å². The molecule has 2 unspecified atom stereocenters. The van der Waals surface area contributed by atoms with Crippen molar-refractivity contribution in [3.8, 4) is 0 Å². The first kappa shape index (κ1) is 12.6. The van der Waals surface area contributed by atoms with Crippen LogP contribution in [0.3, 0.4) is 0 Å². The van der Waals surface area contributed by atoms with Crippen molar-refractivity contribution in [3.05, 3.63) is 35.9 Å². The lowest BCUT2D eigenvalue weighted by atomic mass is 9.38. The van der Waals surface area contributed by atoms with E-state index in [0.717, 1.165) is 25.2 Å². The molecule has 1 heteroatoms. The molecule has 4 aliphatic carbocycles. The average molecular weight is 268 g/mol. The molecule has 4 bridgehead atoms. The Hall–Kier alpha value is -1.11. The van der Waals surface area contributed by atoms with Crippen LogP contribution in [0.2, 0.25) is 0 Å². The molecular formula is C19H24O. The van der Waals surface area contributed by atoms with Gasteiger partial charge >= 0.3 is 0 Å². The van der Waals surface area contributed by atoms with Crippen LogP contribution >= 0.6 is 0 Å². The van der Waals surface area contributed by atoms with E-state index in [9.17, 15) is 4.79 Å². The molecule has 0 heterocycles. The van der Waals surface area contributed by atoms with Crippen LogP contribution in [0.15, 0.2) is 30.3 Å². The molecule has 0 aliphatic heterocycles. The average Bonchev–Trinajstić information content (AvgIpc) is 2.37. The first-order chi connectivity index (χ1) is 9.46. The minimum atomic E-state index is -0.00991. The number of benzene rings is 1. The highest BCUT2D eigenvalue weighted by Gasteiger charge is 2.63. The number of carbonyl (C=O) groups excluding carboxylic acids is 1. The van der Waals surface area contributed by atoms with E-state index in [1.165, 1.54) is 24.8 Å². The SMILES string of the molecule is CC(=O)C12CC3C[C@@](C)(C1)C[C@](c1ccccc1)(C3)C2. The maximum absolute atomic E-state index is 12.4. The zero-order valence-corrected chi connectivity index (χ0v) is 12.6. The molecule has 5 rings (SSSR count). The number of rotatable bonds is 2. The van der Waals surface area contributed by atoms with Crippen LogP contribution in [0.25, 0.3) is 0 Å². The number of hydrogen-bond donors (Lipinski definition) is 0. The van der Waals surface area contributed by atoms with Crippen LogP contribution in [0, 0.1) is 16.7 Å². The fourth-order valence-electron chi connectivity index (χ4n) is 6.43. The Morgan fingerprint density at radius 3 is 2.45 bits per heavy atom. The van der Waals surface area contributed by atoms with Crippen molar-refractivity contribution < 1.29 is 4.79 Å². The molecule has 0 amide bonds. The smallest absolute Gasteiger partial charge is 0.136 e. The Morgan fingerprint density at radius 2 is 1.80 bits per heavy atom. The van der Waals surface area contributed by atoms with E-state index in [0.29, 0.717) is 11.2 Å². The Bertz CT molecular complexity index is 562. The molecule has 4 aliphatic rings. The Balaban J connectivity index is 1.85. The number of Topliss-reactive ketones (excluding diaryl/α,β-unsaturated/α-hetero) is 1. The predicted octanol–water partition coefficient (Wildman–Crippen LogP) is 4.50. The van der Waals surface area contributed by atoms with Gasteiger partial charge in [-0.15, -0.1) is 0 Å². The van der Waals surface area contributed by atoms with Crippen LogP contribution in [-0.2, 0) is 10.2 Å². The third-order valence-corrected chi connectivity index (χ3v) is 6.48. The van der Waals surface area contributed by atoms with Gasteiger partial charge in [0.05, 0.1) is 0 Å². The third kappa shape index (κ3) is 1.58. The highest BCUT2D eigenvalue weighted by atomic mass is 16.1. The molecule has 0 radical (unpaired) electrons. The van der Waals surface area contributed by atoms with Gasteiger partial charge in [0, 0.05) is 5.41 Å². The topological polar surface area (TPSA) is 17.1 Å². The second-order valence-corrected chi connectivity index (χ2v) is 8.30. The number of ketones is 1. The van der Waals surface area contributed by atoms with E-state index in [2.05, 4.69) is 37.3 Å². The molecule has 0 spiro atoms. The maximum atomic E-state index is 12.4. The molecule has 1 nitrogen and oxygen atoms in total. The second-order valence-electron chi connectivity index (χ2n) is 8.30. The predicted molar refractivity (Wildman–Crippen MR) is 80.5 cm³/mol. The Labute approximate surface area is 121 Å². The van der Waals surface area contributed by atoms with Crippen molar-refractivity contribution in [2.45, 2.75) is 57.8 Å². The van der Waals surface area contributed by atoms with Crippen LogP contribution in [0.4, 0.5) is 0 Å². The van der Waals surface area contributed by atoms with Gasteiger partial charge in [0.2, 0.25) is 0 Å². The molecule has 4 saturated carbocycles. The summed E-state index contributed by atoms with van der Waals surface area (Å²) in [5.41, 5.74) is 2.15. The molecule has 106 valence electrons. The van der Waals surface area contributed by atoms with Crippen LogP contribution < -0.4 is 0 Å². The van der Waals surface area contributed by atoms with Crippen LogP contribution in [0.5, 0.6) is 0 Å². The summed E-state index contributed by atoms with van der Waals surface area (Å²) in [5, 5.41) is 0. The maximum Gasteiger partial charge on any atom is 0.136 e. The fourth-order valence-corrected chi connectivity index (χ4v) is 6.43. The molecule has 1 aromatic carbocycles. The fraction of sp³-hybridized carbons (Fsp3) is 0.632. The number of carbonyl (C=O) groups is 1. The second kappa shape index (κ2) is 3.75. The van der Waals surface area contributed by atoms with Crippen molar-refractivity contribution >= 4 is 5.78 Å². The molecule has 20 heavy (non-hydrogen) atoms. The molecular weight excluding hydrogens is 244 g/mol. The summed E-state index contributed by atoms with van der Waals surface area (Å²) in [6, 6.07) is 11.0. The van der Waals surface area contributed by atoms with Crippen molar-refractivity contribution in [1.29, 1.82) is 0 Å². The minimum absolute atomic E-state index is 0.00991. The zero-order chi connectivity index (χ0) is 14.0. The summed E-state index contributed by atoms with van der Waals surface area (Å²) >= 11 is 0. The van der Waals surface area contributed by atoms with Gasteiger partial charge in [-0.3, -0.25) is 4.79 Å². The molecule has 0 saturated heterocycles. The summed E-state index contributed by atoms with van der Waals surface area (Å²) in [5.74, 6) is 1.22. The van der Waals surface area contributed by atoms with Crippen molar-refractivity contribution in [1.82, 2.24) is 0 Å². The first-order valence-corrected chi connectivity index (χ1v) is 8.02.